The highest BCUT2D eigenvalue weighted by Gasteiger charge is 2.26. The zero-order chi connectivity index (χ0) is 27.9. The summed E-state index contributed by atoms with van der Waals surface area (Å²) in [6, 6.07) is 15.6. The third-order valence-corrected chi connectivity index (χ3v) is 7.68. The van der Waals surface area contributed by atoms with E-state index in [1.807, 2.05) is 30.3 Å². The average Bonchev–Trinajstić information content (AvgIpc) is 3.35. The average molecular weight is 560 g/mol. The highest BCUT2D eigenvalue weighted by molar-refractivity contribution is 6.32. The van der Waals surface area contributed by atoms with Crippen LogP contribution in [0.15, 0.2) is 60.8 Å². The quantitative estimate of drug-likeness (QED) is 0.356. The van der Waals surface area contributed by atoms with Gasteiger partial charge in [0.05, 0.1) is 11.6 Å². The van der Waals surface area contributed by atoms with Gasteiger partial charge in [-0.15, -0.1) is 0 Å². The number of nitrogens with zero attached hydrogens (tertiary/aromatic N) is 1. The molecule has 2 aromatic carbocycles. The second-order valence-electron chi connectivity index (χ2n) is 10.4. The van der Waals surface area contributed by atoms with Crippen LogP contribution in [-0.2, 0) is 27.2 Å². The van der Waals surface area contributed by atoms with Crippen molar-refractivity contribution >= 4 is 35.2 Å². The Morgan fingerprint density at radius 3 is 2.55 bits per heavy atom. The zero-order valence-corrected chi connectivity index (χ0v) is 23.2. The van der Waals surface area contributed by atoms with E-state index in [9.17, 15) is 9.59 Å². The molecule has 3 aromatic rings. The number of carbonyl (C=O) groups excluding carboxylic acids is 2. The molecule has 1 fully saturated rings. The summed E-state index contributed by atoms with van der Waals surface area (Å²) in [4.78, 5) is 29.2. The number of nitrogen functional groups attached to an aromatic ring is 1. The molecule has 1 amide bonds. The van der Waals surface area contributed by atoms with Crippen LogP contribution in [0.2, 0.25) is 5.02 Å². The van der Waals surface area contributed by atoms with Crippen LogP contribution in [0.5, 0.6) is 5.75 Å². The maximum absolute atomic E-state index is 12.9. The van der Waals surface area contributed by atoms with Crippen molar-refractivity contribution < 1.29 is 19.1 Å². The summed E-state index contributed by atoms with van der Waals surface area (Å²) in [6.07, 6.45) is 9.39. The van der Waals surface area contributed by atoms with E-state index < -0.39 is 0 Å². The third-order valence-electron chi connectivity index (χ3n) is 7.40. The topological polar surface area (TPSA) is 104 Å². The van der Waals surface area contributed by atoms with Crippen LogP contribution >= 0.6 is 11.6 Å². The lowest BCUT2D eigenvalue weighted by atomic mass is 9.89. The number of fused-ring (bicyclic) bond motifs is 1. The second-order valence-corrected chi connectivity index (χ2v) is 10.8. The number of anilines is 1. The minimum absolute atomic E-state index is 0.133. The van der Waals surface area contributed by atoms with Crippen LogP contribution in [0.4, 0.5) is 5.82 Å². The van der Waals surface area contributed by atoms with Crippen molar-refractivity contribution in [3.05, 3.63) is 82.5 Å². The monoisotopic (exact) mass is 559 g/mol. The molecule has 1 saturated heterocycles. The molecular weight excluding hydrogens is 526 g/mol. The first-order valence-corrected chi connectivity index (χ1v) is 14.2. The van der Waals surface area contributed by atoms with Gasteiger partial charge in [-0.2, -0.15) is 0 Å². The van der Waals surface area contributed by atoms with Crippen molar-refractivity contribution in [2.24, 2.45) is 5.92 Å². The van der Waals surface area contributed by atoms with Gasteiger partial charge >= 0.3 is 0 Å². The first-order chi connectivity index (χ1) is 19.4. The smallest absolute Gasteiger partial charge is 0.244 e. The van der Waals surface area contributed by atoms with Crippen LogP contribution in [0.25, 0.3) is 17.2 Å². The number of benzene rings is 2. The standard InChI is InChI=1S/C32H34ClN3O4/c33-28-18-25(23-9-5-21(6-10-23)15-29(37)24-3-1-13-39-14-2-4-24)16-26-17-27(40-32(26)28)20-36-31(38)12-8-22-7-11-30(34)35-19-22/h5-12,16,18-19,24,27H,1-4,13-15,17,20H2,(H2,34,35)(H,36,38). The molecule has 0 radical (unpaired) electrons. The summed E-state index contributed by atoms with van der Waals surface area (Å²) >= 11 is 6.60. The number of ketones is 1. The number of hydrogen-bond acceptors (Lipinski definition) is 6. The fourth-order valence-corrected chi connectivity index (χ4v) is 5.50. The predicted molar refractivity (Wildman–Crippen MR) is 157 cm³/mol. The number of hydrogen-bond donors (Lipinski definition) is 2. The minimum atomic E-state index is -0.217. The Morgan fingerprint density at radius 1 is 1.05 bits per heavy atom. The van der Waals surface area contributed by atoms with Gasteiger partial charge in [-0.25, -0.2) is 4.98 Å². The lowest BCUT2D eigenvalue weighted by Crippen LogP contribution is -2.33. The largest absolute Gasteiger partial charge is 0.486 e. The fourth-order valence-electron chi connectivity index (χ4n) is 5.22. The van der Waals surface area contributed by atoms with E-state index in [-0.39, 0.29) is 17.9 Å². The number of pyridine rings is 1. The summed E-state index contributed by atoms with van der Waals surface area (Å²) in [7, 11) is 0. The van der Waals surface area contributed by atoms with E-state index in [0.29, 0.717) is 41.8 Å². The van der Waals surface area contributed by atoms with Crippen LogP contribution in [0.3, 0.4) is 0 Å². The van der Waals surface area contributed by atoms with Gasteiger partial charge < -0.3 is 20.5 Å². The SMILES string of the molecule is Nc1ccc(C=CC(=O)NCC2Cc3cc(-c4ccc(CC(=O)C5CCCOCCC5)cc4)cc(Cl)c3O2)cn1. The molecule has 208 valence electrons. The molecule has 0 bridgehead atoms. The third kappa shape index (κ3) is 7.29. The van der Waals surface area contributed by atoms with Gasteiger partial charge in [-0.05, 0) is 78.3 Å². The van der Waals surface area contributed by atoms with Crippen molar-refractivity contribution in [3.63, 3.8) is 0 Å². The van der Waals surface area contributed by atoms with Gasteiger partial charge in [-0.3, -0.25) is 9.59 Å². The van der Waals surface area contributed by atoms with Gasteiger partial charge in [0.1, 0.15) is 23.5 Å². The van der Waals surface area contributed by atoms with Crippen LogP contribution in [0.1, 0.15) is 42.4 Å². The Labute approximate surface area is 239 Å². The molecule has 3 heterocycles. The first-order valence-electron chi connectivity index (χ1n) is 13.8. The number of aromatic nitrogens is 1. The Balaban J connectivity index is 1.16. The van der Waals surface area contributed by atoms with Gasteiger partial charge in [0.2, 0.25) is 5.91 Å². The molecule has 1 aromatic heterocycles. The molecular formula is C32H34ClN3O4. The molecule has 0 aliphatic carbocycles. The molecule has 0 saturated carbocycles. The summed E-state index contributed by atoms with van der Waals surface area (Å²) in [5.41, 5.74) is 10.4. The Bertz CT molecular complexity index is 1360. The lowest BCUT2D eigenvalue weighted by Gasteiger charge is -2.19. The number of halogens is 1. The highest BCUT2D eigenvalue weighted by atomic mass is 35.5. The second kappa shape index (κ2) is 13.1. The van der Waals surface area contributed by atoms with Gasteiger partial charge in [0, 0.05) is 49.8 Å². The Kier molecular flexibility index (Phi) is 9.14. The molecule has 8 heteroatoms. The molecule has 1 atom stereocenters. The predicted octanol–water partition coefficient (Wildman–Crippen LogP) is 5.44. The number of carbonyl (C=O) groups is 2. The van der Waals surface area contributed by atoms with Crippen molar-refractivity contribution in [1.29, 1.82) is 0 Å². The number of nitrogens with two attached hydrogens (primary N) is 1. The number of nitrogens with one attached hydrogen (secondary N) is 1. The lowest BCUT2D eigenvalue weighted by molar-refractivity contribution is -0.123. The maximum Gasteiger partial charge on any atom is 0.244 e. The number of ether oxygens (including phenoxy) is 2. The van der Waals surface area contributed by atoms with Gasteiger partial charge in [0.25, 0.3) is 0 Å². The molecule has 5 rings (SSSR count). The van der Waals surface area contributed by atoms with E-state index in [2.05, 4.69) is 16.4 Å². The first kappa shape index (κ1) is 27.9. The number of rotatable bonds is 8. The number of amides is 1. The molecule has 7 nitrogen and oxygen atoms in total. The molecule has 0 spiro atoms. The molecule has 3 N–H and O–H groups in total. The van der Waals surface area contributed by atoms with Gasteiger partial charge in [-0.1, -0.05) is 35.9 Å². The van der Waals surface area contributed by atoms with E-state index >= 15 is 0 Å². The maximum atomic E-state index is 12.9. The van der Waals surface area contributed by atoms with Crippen molar-refractivity contribution in [1.82, 2.24) is 10.3 Å². The van der Waals surface area contributed by atoms with Crippen molar-refractivity contribution in [2.75, 3.05) is 25.5 Å². The highest BCUT2D eigenvalue weighted by Crippen LogP contribution is 2.39. The molecule has 40 heavy (non-hydrogen) atoms. The Morgan fingerprint density at radius 2 is 1.82 bits per heavy atom. The van der Waals surface area contributed by atoms with E-state index in [1.54, 1.807) is 24.4 Å². The van der Waals surface area contributed by atoms with Crippen LogP contribution < -0.4 is 15.8 Å². The van der Waals surface area contributed by atoms with Gasteiger partial charge in [0.15, 0.2) is 0 Å². The summed E-state index contributed by atoms with van der Waals surface area (Å²) < 4.78 is 11.6. The summed E-state index contributed by atoms with van der Waals surface area (Å²) in [5, 5.41) is 3.43. The van der Waals surface area contributed by atoms with Crippen molar-refractivity contribution in [2.45, 2.75) is 44.6 Å². The number of Topliss-reactive ketones (excluding diaryl/α,β-unsaturated/α-hetero) is 1. The Hall–Kier alpha value is -3.68. The minimum Gasteiger partial charge on any atom is -0.486 e. The van der Waals surface area contributed by atoms with Crippen LogP contribution in [-0.4, -0.2) is 42.5 Å². The van der Waals surface area contributed by atoms with E-state index in [0.717, 1.165) is 66.7 Å². The molecule has 1 unspecified atom stereocenters. The van der Waals surface area contributed by atoms with E-state index in [4.69, 9.17) is 26.8 Å². The normalized spacial score (nSPS) is 17.6. The zero-order valence-electron chi connectivity index (χ0n) is 22.4. The van der Waals surface area contributed by atoms with E-state index in [1.165, 1.54) is 6.08 Å². The molecule has 2 aliphatic heterocycles. The fraction of sp³-hybridized carbons (Fsp3) is 0.344. The van der Waals surface area contributed by atoms with Crippen molar-refractivity contribution in [3.8, 4) is 16.9 Å². The van der Waals surface area contributed by atoms with Crippen LogP contribution in [0, 0.1) is 5.92 Å². The summed E-state index contributed by atoms with van der Waals surface area (Å²) in [5.74, 6) is 1.34. The summed E-state index contributed by atoms with van der Waals surface area (Å²) in [6.45, 7) is 1.87. The molecule has 2 aliphatic rings.